The van der Waals surface area contributed by atoms with Crippen molar-refractivity contribution in [1.82, 2.24) is 0 Å². The Bertz CT molecular complexity index is 196. The quantitative estimate of drug-likeness (QED) is 0.464. The summed E-state index contributed by atoms with van der Waals surface area (Å²) in [7, 11) is 0. The molecule has 0 aromatic heterocycles. The average molecular weight is 210 g/mol. The first kappa shape index (κ1) is 12.7. The first-order valence-corrected chi connectivity index (χ1v) is 6.81. The Morgan fingerprint density at radius 1 is 1.07 bits per heavy atom. The largest absolute Gasteiger partial charge is 0.239 e. The summed E-state index contributed by atoms with van der Waals surface area (Å²) in [6.07, 6.45) is 10.7. The standard InChI is InChI=1S/C14H28N/c1-4-5-6-7-8-10-15-11-9-13(2)14(3)12-15/h11,13-14H,4-10,12H2,1-3H3/q+1. The number of unbranched alkanes of at least 4 members (excludes halogenated alkanes) is 4. The summed E-state index contributed by atoms with van der Waals surface area (Å²) in [4.78, 5) is 0. The molecule has 0 aromatic rings. The number of hydrogen-bond donors (Lipinski definition) is 0. The van der Waals surface area contributed by atoms with E-state index in [9.17, 15) is 0 Å². The van der Waals surface area contributed by atoms with Crippen LogP contribution in [0, 0.1) is 11.8 Å². The Balaban J connectivity index is 2.11. The topological polar surface area (TPSA) is 3.01 Å². The summed E-state index contributed by atoms with van der Waals surface area (Å²) in [6, 6.07) is 0. The van der Waals surface area contributed by atoms with Crippen LogP contribution in [-0.4, -0.2) is 23.9 Å². The predicted octanol–water partition coefficient (Wildman–Crippen LogP) is 3.72. The molecule has 0 bridgehead atoms. The van der Waals surface area contributed by atoms with Crippen molar-refractivity contribution >= 4 is 6.21 Å². The monoisotopic (exact) mass is 210 g/mol. The third kappa shape index (κ3) is 4.81. The van der Waals surface area contributed by atoms with E-state index in [4.69, 9.17) is 0 Å². The highest BCUT2D eigenvalue weighted by Crippen LogP contribution is 2.17. The Kier molecular flexibility index (Phi) is 5.97. The molecule has 0 saturated carbocycles. The fourth-order valence-corrected chi connectivity index (χ4v) is 2.27. The summed E-state index contributed by atoms with van der Waals surface area (Å²) >= 11 is 0. The van der Waals surface area contributed by atoms with Gasteiger partial charge in [-0.25, -0.2) is 4.58 Å². The van der Waals surface area contributed by atoms with E-state index < -0.39 is 0 Å². The van der Waals surface area contributed by atoms with Gasteiger partial charge in [-0.2, -0.15) is 0 Å². The molecule has 0 fully saturated rings. The van der Waals surface area contributed by atoms with Gasteiger partial charge in [-0.3, -0.25) is 0 Å². The lowest BCUT2D eigenvalue weighted by Gasteiger charge is -2.21. The van der Waals surface area contributed by atoms with E-state index in [1.54, 1.807) is 0 Å². The van der Waals surface area contributed by atoms with Crippen LogP contribution in [0.25, 0.3) is 0 Å². The van der Waals surface area contributed by atoms with Gasteiger partial charge in [0.05, 0.1) is 0 Å². The Morgan fingerprint density at radius 3 is 2.47 bits per heavy atom. The van der Waals surface area contributed by atoms with Crippen LogP contribution < -0.4 is 0 Å². The Morgan fingerprint density at radius 2 is 1.80 bits per heavy atom. The van der Waals surface area contributed by atoms with Crippen LogP contribution in [0.2, 0.25) is 0 Å². The molecule has 0 radical (unpaired) electrons. The van der Waals surface area contributed by atoms with Gasteiger partial charge in [0, 0.05) is 18.8 Å². The average Bonchev–Trinajstić information content (AvgIpc) is 2.23. The van der Waals surface area contributed by atoms with Gasteiger partial charge in [0.2, 0.25) is 0 Å². The minimum absolute atomic E-state index is 0.880. The van der Waals surface area contributed by atoms with E-state index in [1.807, 2.05) is 0 Å². The van der Waals surface area contributed by atoms with Crippen LogP contribution in [0.5, 0.6) is 0 Å². The van der Waals surface area contributed by atoms with Crippen molar-refractivity contribution in [2.45, 2.75) is 59.3 Å². The molecule has 1 aliphatic rings. The maximum Gasteiger partial charge on any atom is 0.145 e. The van der Waals surface area contributed by atoms with Gasteiger partial charge < -0.3 is 0 Å². The molecule has 1 nitrogen and oxygen atoms in total. The summed E-state index contributed by atoms with van der Waals surface area (Å²) in [5, 5.41) is 0. The Labute approximate surface area is 95.6 Å². The summed E-state index contributed by atoms with van der Waals surface area (Å²) in [5.74, 6) is 1.77. The smallest absolute Gasteiger partial charge is 0.145 e. The number of nitrogens with zero attached hydrogens (tertiary/aromatic N) is 1. The van der Waals surface area contributed by atoms with Crippen molar-refractivity contribution < 1.29 is 4.58 Å². The van der Waals surface area contributed by atoms with E-state index in [1.165, 1.54) is 51.6 Å². The molecule has 0 aliphatic carbocycles. The lowest BCUT2D eigenvalue weighted by atomic mass is 9.90. The highest BCUT2D eigenvalue weighted by Gasteiger charge is 2.22. The van der Waals surface area contributed by atoms with Gasteiger partial charge in [-0.05, 0) is 12.3 Å². The highest BCUT2D eigenvalue weighted by atomic mass is 15.0. The minimum Gasteiger partial charge on any atom is -0.239 e. The molecule has 0 spiro atoms. The number of rotatable bonds is 6. The summed E-state index contributed by atoms with van der Waals surface area (Å²) < 4.78 is 2.55. The van der Waals surface area contributed by atoms with Crippen molar-refractivity contribution in [2.75, 3.05) is 13.1 Å². The zero-order chi connectivity index (χ0) is 11.1. The van der Waals surface area contributed by atoms with Gasteiger partial charge in [-0.1, -0.05) is 40.0 Å². The van der Waals surface area contributed by atoms with Crippen molar-refractivity contribution in [3.63, 3.8) is 0 Å². The second kappa shape index (κ2) is 7.03. The van der Waals surface area contributed by atoms with Gasteiger partial charge in [0.25, 0.3) is 0 Å². The van der Waals surface area contributed by atoms with Crippen LogP contribution in [0.1, 0.15) is 59.3 Å². The molecule has 0 aromatic carbocycles. The molecule has 2 unspecified atom stereocenters. The van der Waals surface area contributed by atoms with Gasteiger partial charge >= 0.3 is 0 Å². The molecule has 1 aliphatic heterocycles. The fourth-order valence-electron chi connectivity index (χ4n) is 2.27. The first-order chi connectivity index (χ1) is 7.24. The molecule has 0 N–H and O–H groups in total. The lowest BCUT2D eigenvalue weighted by Crippen LogP contribution is -2.30. The molecule has 0 saturated heterocycles. The van der Waals surface area contributed by atoms with Crippen LogP contribution in [0.4, 0.5) is 0 Å². The third-order valence-electron chi connectivity index (χ3n) is 3.78. The maximum atomic E-state index is 2.55. The van der Waals surface area contributed by atoms with Crippen molar-refractivity contribution in [2.24, 2.45) is 11.8 Å². The normalized spacial score (nSPS) is 26.5. The predicted molar refractivity (Wildman–Crippen MR) is 67.8 cm³/mol. The molecule has 2 atom stereocenters. The van der Waals surface area contributed by atoms with Gasteiger partial charge in [0.1, 0.15) is 19.3 Å². The molecule has 0 amide bonds. The molecular formula is C14H28N+. The SMILES string of the molecule is CCCCCCC[N+]1=CCC(C)C(C)C1. The molecule has 1 rings (SSSR count). The van der Waals surface area contributed by atoms with Crippen molar-refractivity contribution in [1.29, 1.82) is 0 Å². The van der Waals surface area contributed by atoms with Gasteiger partial charge in [0.15, 0.2) is 0 Å². The second-order valence-corrected chi connectivity index (χ2v) is 5.28. The van der Waals surface area contributed by atoms with Crippen LogP contribution >= 0.6 is 0 Å². The van der Waals surface area contributed by atoms with E-state index in [0.29, 0.717) is 0 Å². The van der Waals surface area contributed by atoms with E-state index in [0.717, 1.165) is 11.8 Å². The molecule has 1 heteroatoms. The Hall–Kier alpha value is -0.330. The van der Waals surface area contributed by atoms with Crippen molar-refractivity contribution in [3.8, 4) is 0 Å². The lowest BCUT2D eigenvalue weighted by molar-refractivity contribution is -0.537. The third-order valence-corrected chi connectivity index (χ3v) is 3.78. The second-order valence-electron chi connectivity index (χ2n) is 5.28. The minimum atomic E-state index is 0.880. The van der Waals surface area contributed by atoms with Crippen LogP contribution in [0.15, 0.2) is 0 Å². The van der Waals surface area contributed by atoms with Crippen molar-refractivity contribution in [3.05, 3.63) is 0 Å². The van der Waals surface area contributed by atoms with Crippen LogP contribution in [0.3, 0.4) is 0 Å². The van der Waals surface area contributed by atoms with Gasteiger partial charge in [-0.15, -0.1) is 0 Å². The fraction of sp³-hybridized carbons (Fsp3) is 0.929. The molecule has 88 valence electrons. The first-order valence-electron chi connectivity index (χ1n) is 6.81. The summed E-state index contributed by atoms with van der Waals surface area (Å²) in [5.41, 5.74) is 0. The van der Waals surface area contributed by atoms with E-state index in [-0.39, 0.29) is 0 Å². The summed E-state index contributed by atoms with van der Waals surface area (Å²) in [6.45, 7) is 9.62. The zero-order valence-electron chi connectivity index (χ0n) is 10.8. The number of hydrogen-bond acceptors (Lipinski definition) is 0. The molecular weight excluding hydrogens is 182 g/mol. The van der Waals surface area contributed by atoms with E-state index in [2.05, 4.69) is 31.6 Å². The van der Waals surface area contributed by atoms with Crippen LogP contribution in [-0.2, 0) is 0 Å². The highest BCUT2D eigenvalue weighted by molar-refractivity contribution is 5.52. The maximum absolute atomic E-state index is 2.55. The molecule has 1 heterocycles. The zero-order valence-corrected chi connectivity index (χ0v) is 10.8. The van der Waals surface area contributed by atoms with E-state index >= 15 is 0 Å². The molecule has 15 heavy (non-hydrogen) atoms.